The van der Waals surface area contributed by atoms with E-state index in [1.165, 1.54) is 0 Å². The topological polar surface area (TPSA) is 47.6 Å². The van der Waals surface area contributed by atoms with Crippen molar-refractivity contribution in [3.05, 3.63) is 29.8 Å². The van der Waals surface area contributed by atoms with Gasteiger partial charge < -0.3 is 14.8 Å². The van der Waals surface area contributed by atoms with Crippen LogP contribution in [-0.4, -0.2) is 32.3 Å². The summed E-state index contributed by atoms with van der Waals surface area (Å²) in [6, 6.07) is 7.68. The van der Waals surface area contributed by atoms with Crippen LogP contribution >= 0.6 is 0 Å². The monoisotopic (exact) mass is 265 g/mol. The smallest absolute Gasteiger partial charge is 0.338 e. The van der Waals surface area contributed by atoms with E-state index in [-0.39, 0.29) is 5.97 Å². The molecule has 0 bridgehead atoms. The third kappa shape index (κ3) is 5.75. The summed E-state index contributed by atoms with van der Waals surface area (Å²) in [7, 11) is 1.70. The number of hydrogen-bond acceptors (Lipinski definition) is 4. The second-order valence-corrected chi connectivity index (χ2v) is 4.54. The first-order chi connectivity index (χ1) is 9.17. The van der Waals surface area contributed by atoms with Gasteiger partial charge in [-0.25, -0.2) is 4.79 Å². The Morgan fingerprint density at radius 1 is 1.26 bits per heavy atom. The fourth-order valence-corrected chi connectivity index (χ4v) is 1.63. The molecule has 0 aliphatic rings. The summed E-state index contributed by atoms with van der Waals surface area (Å²) in [5.41, 5.74) is 1.58. The van der Waals surface area contributed by atoms with Gasteiger partial charge in [0.15, 0.2) is 0 Å². The van der Waals surface area contributed by atoms with E-state index < -0.39 is 0 Å². The van der Waals surface area contributed by atoms with Crippen molar-refractivity contribution in [1.82, 2.24) is 0 Å². The summed E-state index contributed by atoms with van der Waals surface area (Å²) in [6.07, 6.45) is 1.78. The molecule has 0 spiro atoms. The lowest BCUT2D eigenvalue weighted by Crippen LogP contribution is -2.17. The Morgan fingerprint density at radius 2 is 1.95 bits per heavy atom. The van der Waals surface area contributed by atoms with Crippen molar-refractivity contribution in [3.63, 3.8) is 0 Å². The SMILES string of the molecule is CCCOC(=O)c1ccc(NC(C)CCOC)cc1. The maximum absolute atomic E-state index is 11.6. The number of carbonyl (C=O) groups is 1. The Bertz CT molecular complexity index is 375. The molecule has 1 aromatic rings. The van der Waals surface area contributed by atoms with Crippen LogP contribution in [0.1, 0.15) is 37.0 Å². The lowest BCUT2D eigenvalue weighted by atomic mass is 10.2. The molecule has 0 aliphatic heterocycles. The molecule has 1 N–H and O–H groups in total. The minimum Gasteiger partial charge on any atom is -0.462 e. The summed E-state index contributed by atoms with van der Waals surface area (Å²) >= 11 is 0. The first kappa shape index (κ1) is 15.5. The number of rotatable bonds is 8. The average molecular weight is 265 g/mol. The third-order valence-electron chi connectivity index (χ3n) is 2.73. The number of hydrogen-bond donors (Lipinski definition) is 1. The van der Waals surface area contributed by atoms with Crippen molar-refractivity contribution in [2.75, 3.05) is 25.6 Å². The second-order valence-electron chi connectivity index (χ2n) is 4.54. The molecule has 0 saturated heterocycles. The molecular formula is C15H23NO3. The summed E-state index contributed by atoms with van der Waals surface area (Å²) < 4.78 is 10.1. The Hall–Kier alpha value is -1.55. The maximum Gasteiger partial charge on any atom is 0.338 e. The summed E-state index contributed by atoms with van der Waals surface area (Å²) in [4.78, 5) is 11.6. The standard InChI is InChI=1S/C15H23NO3/c1-4-10-19-15(17)13-5-7-14(8-6-13)16-12(2)9-11-18-3/h5-8,12,16H,4,9-11H2,1-3H3. The van der Waals surface area contributed by atoms with Gasteiger partial charge in [-0.2, -0.15) is 0 Å². The van der Waals surface area contributed by atoms with E-state index in [2.05, 4.69) is 12.2 Å². The van der Waals surface area contributed by atoms with Crippen LogP contribution in [0.5, 0.6) is 0 Å². The highest BCUT2D eigenvalue weighted by atomic mass is 16.5. The van der Waals surface area contributed by atoms with E-state index in [1.807, 2.05) is 19.1 Å². The maximum atomic E-state index is 11.6. The van der Waals surface area contributed by atoms with Gasteiger partial charge >= 0.3 is 5.97 Å². The minimum atomic E-state index is -0.263. The molecule has 4 nitrogen and oxygen atoms in total. The quantitative estimate of drug-likeness (QED) is 0.734. The number of benzene rings is 1. The van der Waals surface area contributed by atoms with Crippen LogP contribution in [0.25, 0.3) is 0 Å². The molecule has 1 rings (SSSR count). The normalized spacial score (nSPS) is 11.9. The van der Waals surface area contributed by atoms with Gasteiger partial charge in [0.1, 0.15) is 0 Å². The molecule has 0 amide bonds. The van der Waals surface area contributed by atoms with Crippen molar-refractivity contribution in [1.29, 1.82) is 0 Å². The molecule has 4 heteroatoms. The highest BCUT2D eigenvalue weighted by Gasteiger charge is 2.07. The largest absolute Gasteiger partial charge is 0.462 e. The van der Waals surface area contributed by atoms with Crippen LogP contribution in [0.2, 0.25) is 0 Å². The molecule has 1 unspecified atom stereocenters. The van der Waals surface area contributed by atoms with Gasteiger partial charge in [0.25, 0.3) is 0 Å². The lowest BCUT2D eigenvalue weighted by molar-refractivity contribution is 0.0505. The van der Waals surface area contributed by atoms with Crippen molar-refractivity contribution < 1.29 is 14.3 Å². The molecule has 0 fully saturated rings. The van der Waals surface area contributed by atoms with E-state index in [0.717, 1.165) is 25.1 Å². The molecule has 0 heterocycles. The molecule has 0 aromatic heterocycles. The predicted octanol–water partition coefficient (Wildman–Crippen LogP) is 3.09. The second kappa shape index (κ2) is 8.53. The Kier molecular flexibility index (Phi) is 6.97. The van der Waals surface area contributed by atoms with Gasteiger partial charge in [-0.3, -0.25) is 0 Å². The predicted molar refractivity (Wildman–Crippen MR) is 76.6 cm³/mol. The van der Waals surface area contributed by atoms with Gasteiger partial charge in [-0.05, 0) is 44.0 Å². The van der Waals surface area contributed by atoms with Crippen molar-refractivity contribution in [2.45, 2.75) is 32.7 Å². The molecule has 1 aromatic carbocycles. The Labute approximate surface area is 115 Å². The van der Waals surface area contributed by atoms with Crippen LogP contribution in [0, 0.1) is 0 Å². The highest BCUT2D eigenvalue weighted by Crippen LogP contribution is 2.12. The summed E-state index contributed by atoms with van der Waals surface area (Å²) in [5, 5.41) is 3.35. The van der Waals surface area contributed by atoms with Gasteiger partial charge in [-0.1, -0.05) is 6.92 Å². The molecule has 106 valence electrons. The number of ether oxygens (including phenoxy) is 2. The Morgan fingerprint density at radius 3 is 2.53 bits per heavy atom. The molecule has 1 atom stereocenters. The van der Waals surface area contributed by atoms with E-state index in [4.69, 9.17) is 9.47 Å². The molecule has 0 radical (unpaired) electrons. The first-order valence-corrected chi connectivity index (χ1v) is 6.70. The van der Waals surface area contributed by atoms with Gasteiger partial charge in [-0.15, -0.1) is 0 Å². The van der Waals surface area contributed by atoms with Crippen LogP contribution in [0.3, 0.4) is 0 Å². The minimum absolute atomic E-state index is 0.263. The number of esters is 1. The molecular weight excluding hydrogens is 242 g/mol. The van der Waals surface area contributed by atoms with E-state index in [0.29, 0.717) is 18.2 Å². The van der Waals surface area contributed by atoms with E-state index >= 15 is 0 Å². The van der Waals surface area contributed by atoms with Gasteiger partial charge in [0.05, 0.1) is 12.2 Å². The molecule has 0 saturated carbocycles. The summed E-state index contributed by atoms with van der Waals surface area (Å²) in [6.45, 7) is 5.27. The van der Waals surface area contributed by atoms with E-state index in [1.54, 1.807) is 19.2 Å². The van der Waals surface area contributed by atoms with Crippen LogP contribution < -0.4 is 5.32 Å². The fraction of sp³-hybridized carbons (Fsp3) is 0.533. The lowest BCUT2D eigenvalue weighted by Gasteiger charge is -2.14. The Balaban J connectivity index is 2.49. The fourth-order valence-electron chi connectivity index (χ4n) is 1.63. The van der Waals surface area contributed by atoms with Gasteiger partial charge in [0.2, 0.25) is 0 Å². The van der Waals surface area contributed by atoms with Crippen molar-refractivity contribution in [2.24, 2.45) is 0 Å². The number of nitrogens with one attached hydrogen (secondary N) is 1. The molecule has 19 heavy (non-hydrogen) atoms. The van der Waals surface area contributed by atoms with Crippen LogP contribution in [0.15, 0.2) is 24.3 Å². The molecule has 0 aliphatic carbocycles. The summed E-state index contributed by atoms with van der Waals surface area (Å²) in [5.74, 6) is -0.263. The number of anilines is 1. The average Bonchev–Trinajstić information content (AvgIpc) is 2.43. The first-order valence-electron chi connectivity index (χ1n) is 6.70. The highest BCUT2D eigenvalue weighted by molar-refractivity contribution is 5.89. The van der Waals surface area contributed by atoms with Crippen LogP contribution in [0.4, 0.5) is 5.69 Å². The van der Waals surface area contributed by atoms with Crippen LogP contribution in [-0.2, 0) is 9.47 Å². The van der Waals surface area contributed by atoms with E-state index in [9.17, 15) is 4.79 Å². The van der Waals surface area contributed by atoms with Crippen molar-refractivity contribution >= 4 is 11.7 Å². The van der Waals surface area contributed by atoms with Gasteiger partial charge in [0, 0.05) is 25.4 Å². The van der Waals surface area contributed by atoms with Crippen molar-refractivity contribution in [3.8, 4) is 0 Å². The number of methoxy groups -OCH3 is 1. The zero-order valence-corrected chi connectivity index (χ0v) is 11.9. The number of carbonyl (C=O) groups excluding carboxylic acids is 1. The zero-order chi connectivity index (χ0) is 14.1. The third-order valence-corrected chi connectivity index (χ3v) is 2.73. The zero-order valence-electron chi connectivity index (χ0n) is 11.9.